The smallest absolute Gasteiger partial charge is 0.410 e. The third-order valence-electron chi connectivity index (χ3n) is 3.72. The molecule has 1 saturated heterocycles. The van der Waals surface area contributed by atoms with Crippen LogP contribution in [0.2, 0.25) is 0 Å². The van der Waals surface area contributed by atoms with Crippen LogP contribution in [0.5, 0.6) is 0 Å². The zero-order valence-corrected chi connectivity index (χ0v) is 14.8. The van der Waals surface area contributed by atoms with E-state index in [1.165, 1.54) is 0 Å². The number of hydrogen-bond donors (Lipinski definition) is 0. The first kappa shape index (κ1) is 18.1. The van der Waals surface area contributed by atoms with E-state index < -0.39 is 5.60 Å². The van der Waals surface area contributed by atoms with Crippen LogP contribution in [0.3, 0.4) is 0 Å². The van der Waals surface area contributed by atoms with Gasteiger partial charge in [0, 0.05) is 19.6 Å². The summed E-state index contributed by atoms with van der Waals surface area (Å²) in [5.41, 5.74) is 0.425. The zero-order chi connectivity index (χ0) is 17.7. The number of hydrogen-bond acceptors (Lipinski definition) is 4. The lowest BCUT2D eigenvalue weighted by molar-refractivity contribution is -0.000327. The summed E-state index contributed by atoms with van der Waals surface area (Å²) < 4.78 is 10.7. The molecule has 2 amide bonds. The summed E-state index contributed by atoms with van der Waals surface area (Å²) in [6.07, 6.45) is -0.693. The van der Waals surface area contributed by atoms with Crippen molar-refractivity contribution in [3.8, 4) is 0 Å². The van der Waals surface area contributed by atoms with E-state index in [0.29, 0.717) is 19.6 Å². The van der Waals surface area contributed by atoms with Crippen molar-refractivity contribution < 1.29 is 19.1 Å². The molecule has 1 aromatic carbocycles. The summed E-state index contributed by atoms with van der Waals surface area (Å²) in [4.78, 5) is 27.7. The summed E-state index contributed by atoms with van der Waals surface area (Å²) in [6, 6.07) is 9.45. The number of piperazine rings is 1. The Morgan fingerprint density at radius 1 is 1.12 bits per heavy atom. The van der Waals surface area contributed by atoms with Crippen LogP contribution >= 0.6 is 0 Å². The molecule has 1 aliphatic heterocycles. The number of carbonyl (C=O) groups is 2. The third kappa shape index (κ3) is 5.15. The lowest BCUT2D eigenvalue weighted by Crippen LogP contribution is -2.56. The molecule has 2 rings (SSSR count). The van der Waals surface area contributed by atoms with E-state index in [0.717, 1.165) is 5.56 Å². The predicted octanol–water partition coefficient (Wildman–Crippen LogP) is 3.26. The maximum absolute atomic E-state index is 12.2. The zero-order valence-electron chi connectivity index (χ0n) is 14.8. The molecule has 1 atom stereocenters. The van der Waals surface area contributed by atoms with Crippen molar-refractivity contribution in [2.24, 2.45) is 0 Å². The minimum Gasteiger partial charge on any atom is -0.445 e. The van der Waals surface area contributed by atoms with Gasteiger partial charge in [-0.3, -0.25) is 0 Å². The Bertz CT molecular complexity index is 568. The largest absolute Gasteiger partial charge is 0.445 e. The summed E-state index contributed by atoms with van der Waals surface area (Å²) in [5.74, 6) is 0. The Morgan fingerprint density at radius 2 is 1.79 bits per heavy atom. The highest BCUT2D eigenvalue weighted by atomic mass is 16.6. The van der Waals surface area contributed by atoms with Crippen LogP contribution in [0, 0.1) is 0 Å². The van der Waals surface area contributed by atoms with E-state index in [-0.39, 0.29) is 24.8 Å². The average Bonchev–Trinajstić information content (AvgIpc) is 2.51. The molecule has 6 heteroatoms. The van der Waals surface area contributed by atoms with E-state index in [4.69, 9.17) is 9.47 Å². The van der Waals surface area contributed by atoms with E-state index in [9.17, 15) is 9.59 Å². The van der Waals surface area contributed by atoms with Crippen molar-refractivity contribution in [1.29, 1.82) is 0 Å². The first-order valence-corrected chi connectivity index (χ1v) is 8.21. The maximum atomic E-state index is 12.2. The highest BCUT2D eigenvalue weighted by Gasteiger charge is 2.33. The molecular weight excluding hydrogens is 308 g/mol. The van der Waals surface area contributed by atoms with Gasteiger partial charge in [0.05, 0.1) is 6.04 Å². The Balaban J connectivity index is 1.83. The first-order valence-electron chi connectivity index (χ1n) is 8.21. The van der Waals surface area contributed by atoms with Gasteiger partial charge in [0.15, 0.2) is 0 Å². The second-order valence-electron chi connectivity index (χ2n) is 7.01. The van der Waals surface area contributed by atoms with E-state index in [2.05, 4.69) is 0 Å². The fraction of sp³-hybridized carbons (Fsp3) is 0.556. The highest BCUT2D eigenvalue weighted by molar-refractivity contribution is 5.71. The molecule has 1 fully saturated rings. The van der Waals surface area contributed by atoms with Crippen molar-refractivity contribution in [2.45, 2.75) is 45.9 Å². The van der Waals surface area contributed by atoms with Gasteiger partial charge in [-0.1, -0.05) is 30.3 Å². The molecule has 1 unspecified atom stereocenters. The number of ether oxygens (including phenoxy) is 2. The lowest BCUT2D eigenvalue weighted by Gasteiger charge is -2.39. The SMILES string of the molecule is CC1CN(C(=O)OCc2ccccc2)CCN1C(=O)OC(C)(C)C. The molecule has 1 heterocycles. The van der Waals surface area contributed by atoms with Crippen molar-refractivity contribution in [1.82, 2.24) is 9.80 Å². The molecule has 132 valence electrons. The van der Waals surface area contributed by atoms with Crippen molar-refractivity contribution in [3.63, 3.8) is 0 Å². The Labute approximate surface area is 143 Å². The molecule has 6 nitrogen and oxygen atoms in total. The van der Waals surface area contributed by atoms with Gasteiger partial charge in [-0.05, 0) is 33.3 Å². The fourth-order valence-corrected chi connectivity index (χ4v) is 2.53. The second-order valence-corrected chi connectivity index (χ2v) is 7.01. The fourth-order valence-electron chi connectivity index (χ4n) is 2.53. The summed E-state index contributed by atoms with van der Waals surface area (Å²) in [6.45, 7) is 8.99. The highest BCUT2D eigenvalue weighted by Crippen LogP contribution is 2.16. The van der Waals surface area contributed by atoms with Crippen LogP contribution in [0.15, 0.2) is 30.3 Å². The van der Waals surface area contributed by atoms with E-state index >= 15 is 0 Å². The molecule has 24 heavy (non-hydrogen) atoms. The van der Waals surface area contributed by atoms with Gasteiger partial charge in [-0.2, -0.15) is 0 Å². The molecule has 0 bridgehead atoms. The number of rotatable bonds is 2. The van der Waals surface area contributed by atoms with Gasteiger partial charge < -0.3 is 19.3 Å². The number of nitrogens with zero attached hydrogens (tertiary/aromatic N) is 2. The maximum Gasteiger partial charge on any atom is 0.410 e. The Hall–Kier alpha value is -2.24. The molecule has 0 saturated carbocycles. The first-order chi connectivity index (χ1) is 11.3. The lowest BCUT2D eigenvalue weighted by atomic mass is 10.2. The standard InChI is InChI=1S/C18H26N2O4/c1-14-12-19(10-11-20(14)17(22)24-18(2,3)4)16(21)23-13-15-8-6-5-7-9-15/h5-9,14H,10-13H2,1-4H3. The topological polar surface area (TPSA) is 59.1 Å². The van der Waals surface area contributed by atoms with Crippen LogP contribution < -0.4 is 0 Å². The van der Waals surface area contributed by atoms with Crippen LogP contribution in [-0.2, 0) is 16.1 Å². The Kier molecular flexibility index (Phi) is 5.70. The number of carbonyl (C=O) groups excluding carboxylic acids is 2. The van der Waals surface area contributed by atoms with Crippen molar-refractivity contribution >= 4 is 12.2 Å². The normalized spacial score (nSPS) is 18.2. The van der Waals surface area contributed by atoms with Crippen molar-refractivity contribution in [3.05, 3.63) is 35.9 Å². The van der Waals surface area contributed by atoms with Crippen LogP contribution in [0.4, 0.5) is 9.59 Å². The minimum atomic E-state index is -0.525. The van der Waals surface area contributed by atoms with Crippen molar-refractivity contribution in [2.75, 3.05) is 19.6 Å². The van der Waals surface area contributed by atoms with Crippen LogP contribution in [0.25, 0.3) is 0 Å². The summed E-state index contributed by atoms with van der Waals surface area (Å²) >= 11 is 0. The quantitative estimate of drug-likeness (QED) is 0.833. The molecule has 1 aliphatic rings. The van der Waals surface area contributed by atoms with Gasteiger partial charge >= 0.3 is 12.2 Å². The van der Waals surface area contributed by atoms with Gasteiger partial charge in [-0.25, -0.2) is 9.59 Å². The minimum absolute atomic E-state index is 0.113. The van der Waals surface area contributed by atoms with E-state index in [1.807, 2.05) is 58.0 Å². The molecule has 0 radical (unpaired) electrons. The molecule has 0 spiro atoms. The summed E-state index contributed by atoms with van der Waals surface area (Å²) in [7, 11) is 0. The summed E-state index contributed by atoms with van der Waals surface area (Å²) in [5, 5.41) is 0. The molecular formula is C18H26N2O4. The number of amides is 2. The van der Waals surface area contributed by atoms with Gasteiger partial charge in [0.1, 0.15) is 12.2 Å². The number of benzene rings is 1. The van der Waals surface area contributed by atoms with Crippen LogP contribution in [0.1, 0.15) is 33.3 Å². The molecule has 0 aliphatic carbocycles. The average molecular weight is 334 g/mol. The van der Waals surface area contributed by atoms with Gasteiger partial charge in [0.2, 0.25) is 0 Å². The Morgan fingerprint density at radius 3 is 2.38 bits per heavy atom. The monoisotopic (exact) mass is 334 g/mol. The molecule has 0 aromatic heterocycles. The van der Waals surface area contributed by atoms with Crippen LogP contribution in [-0.4, -0.2) is 53.3 Å². The second kappa shape index (κ2) is 7.55. The predicted molar refractivity (Wildman–Crippen MR) is 90.6 cm³/mol. The van der Waals surface area contributed by atoms with E-state index in [1.54, 1.807) is 9.80 Å². The molecule has 0 N–H and O–H groups in total. The third-order valence-corrected chi connectivity index (χ3v) is 3.72. The molecule has 1 aromatic rings. The van der Waals surface area contributed by atoms with Gasteiger partial charge in [0.25, 0.3) is 0 Å². The van der Waals surface area contributed by atoms with Gasteiger partial charge in [-0.15, -0.1) is 0 Å².